The highest BCUT2D eigenvalue weighted by Gasteiger charge is 1.92. The molecule has 0 bridgehead atoms. The Kier molecular flexibility index (Phi) is 5.29. The van der Waals surface area contributed by atoms with E-state index < -0.39 is 0 Å². The van der Waals surface area contributed by atoms with Crippen molar-refractivity contribution in [2.45, 2.75) is 19.3 Å². The van der Waals surface area contributed by atoms with Crippen LogP contribution in [0.2, 0.25) is 0 Å². The van der Waals surface area contributed by atoms with Crippen LogP contribution in [0.4, 0.5) is 0 Å². The second-order valence-corrected chi connectivity index (χ2v) is 2.45. The van der Waals surface area contributed by atoms with Crippen LogP contribution in [-0.2, 0) is 0 Å². The third-order valence-corrected chi connectivity index (χ3v) is 1.51. The molecule has 0 fully saturated rings. The van der Waals surface area contributed by atoms with Gasteiger partial charge in [0.15, 0.2) is 0 Å². The number of hydrazine groups is 1. The standard InChI is InChI=1S/C8H17N3/c1-7(10-3)5-4-6-8(2)11-9/h10-11H,1-2,4-6,9H2,3H3. The number of allylic oxidation sites excluding steroid dienone is 2. The molecule has 0 unspecified atom stereocenters. The van der Waals surface area contributed by atoms with Crippen molar-refractivity contribution < 1.29 is 0 Å². The molecular weight excluding hydrogens is 138 g/mol. The second-order valence-electron chi connectivity index (χ2n) is 2.45. The molecule has 3 nitrogen and oxygen atoms in total. The first kappa shape index (κ1) is 10.0. The predicted molar refractivity (Wildman–Crippen MR) is 48.5 cm³/mol. The van der Waals surface area contributed by atoms with Crippen LogP contribution in [0, 0.1) is 0 Å². The Morgan fingerprint density at radius 2 is 1.82 bits per heavy atom. The molecule has 3 heteroatoms. The van der Waals surface area contributed by atoms with Crippen molar-refractivity contribution in [3.05, 3.63) is 24.6 Å². The van der Waals surface area contributed by atoms with Crippen LogP contribution in [0.1, 0.15) is 19.3 Å². The Hall–Kier alpha value is -0.960. The van der Waals surface area contributed by atoms with E-state index in [2.05, 4.69) is 23.9 Å². The van der Waals surface area contributed by atoms with Gasteiger partial charge in [0.25, 0.3) is 0 Å². The molecule has 0 rings (SSSR count). The van der Waals surface area contributed by atoms with Crippen molar-refractivity contribution in [2.75, 3.05) is 7.05 Å². The lowest BCUT2D eigenvalue weighted by Crippen LogP contribution is -2.20. The van der Waals surface area contributed by atoms with Crippen molar-refractivity contribution >= 4 is 0 Å². The second kappa shape index (κ2) is 5.80. The van der Waals surface area contributed by atoms with Gasteiger partial charge in [-0.2, -0.15) is 0 Å². The molecule has 0 heterocycles. The molecule has 0 aliphatic rings. The van der Waals surface area contributed by atoms with Crippen LogP contribution in [-0.4, -0.2) is 7.05 Å². The van der Waals surface area contributed by atoms with Gasteiger partial charge in [0.2, 0.25) is 0 Å². The summed E-state index contributed by atoms with van der Waals surface area (Å²) in [5, 5.41) is 2.98. The lowest BCUT2D eigenvalue weighted by atomic mass is 10.2. The molecule has 64 valence electrons. The third-order valence-electron chi connectivity index (χ3n) is 1.51. The smallest absolute Gasteiger partial charge is 0.0187 e. The Morgan fingerprint density at radius 3 is 2.27 bits per heavy atom. The zero-order valence-electron chi connectivity index (χ0n) is 7.11. The van der Waals surface area contributed by atoms with E-state index in [9.17, 15) is 0 Å². The number of nitrogens with one attached hydrogen (secondary N) is 2. The van der Waals surface area contributed by atoms with Crippen LogP contribution >= 0.6 is 0 Å². The molecule has 0 spiro atoms. The molecular formula is C8H17N3. The molecule has 0 saturated carbocycles. The van der Waals surface area contributed by atoms with Crippen LogP contribution in [0.15, 0.2) is 24.6 Å². The van der Waals surface area contributed by atoms with Gasteiger partial charge >= 0.3 is 0 Å². The molecule has 4 N–H and O–H groups in total. The van der Waals surface area contributed by atoms with E-state index in [0.717, 1.165) is 30.7 Å². The molecule has 0 radical (unpaired) electrons. The van der Waals surface area contributed by atoms with Crippen molar-refractivity contribution in [3.63, 3.8) is 0 Å². The van der Waals surface area contributed by atoms with E-state index >= 15 is 0 Å². The van der Waals surface area contributed by atoms with E-state index in [1.165, 1.54) is 0 Å². The SMILES string of the molecule is C=C(CCCC(=C)NN)NC. The van der Waals surface area contributed by atoms with Crippen molar-refractivity contribution in [3.8, 4) is 0 Å². The van der Waals surface area contributed by atoms with E-state index in [1.807, 2.05) is 7.05 Å². The van der Waals surface area contributed by atoms with E-state index in [4.69, 9.17) is 5.84 Å². The highest BCUT2D eigenvalue weighted by atomic mass is 15.2. The average Bonchev–Trinajstić information content (AvgIpc) is 2.04. The Morgan fingerprint density at radius 1 is 1.27 bits per heavy atom. The summed E-state index contributed by atoms with van der Waals surface area (Å²) in [4.78, 5) is 0. The quantitative estimate of drug-likeness (QED) is 0.394. The minimum atomic E-state index is 0.869. The highest BCUT2D eigenvalue weighted by molar-refractivity contribution is 4.93. The van der Waals surface area contributed by atoms with Gasteiger partial charge in [-0.25, -0.2) is 0 Å². The van der Waals surface area contributed by atoms with Crippen molar-refractivity contribution in [2.24, 2.45) is 5.84 Å². The summed E-state index contributed by atoms with van der Waals surface area (Å²) in [5.74, 6) is 5.13. The summed E-state index contributed by atoms with van der Waals surface area (Å²) in [6.07, 6.45) is 2.90. The van der Waals surface area contributed by atoms with Gasteiger partial charge in [-0.15, -0.1) is 0 Å². The van der Waals surface area contributed by atoms with E-state index in [0.29, 0.717) is 0 Å². The molecule has 0 amide bonds. The van der Waals surface area contributed by atoms with E-state index in [1.54, 1.807) is 0 Å². The van der Waals surface area contributed by atoms with E-state index in [-0.39, 0.29) is 0 Å². The number of rotatable bonds is 6. The van der Waals surface area contributed by atoms with Crippen molar-refractivity contribution in [1.82, 2.24) is 10.7 Å². The molecule has 11 heavy (non-hydrogen) atoms. The number of nitrogens with two attached hydrogens (primary N) is 1. The Balaban J connectivity index is 3.27. The summed E-state index contributed by atoms with van der Waals surface area (Å²) < 4.78 is 0. The van der Waals surface area contributed by atoms with Gasteiger partial charge in [0, 0.05) is 18.4 Å². The summed E-state index contributed by atoms with van der Waals surface area (Å²) in [5.41, 5.74) is 4.43. The molecule has 0 aliphatic heterocycles. The minimum Gasteiger partial charge on any atom is -0.392 e. The minimum absolute atomic E-state index is 0.869. The third kappa shape index (κ3) is 5.48. The average molecular weight is 155 g/mol. The number of hydrogen-bond donors (Lipinski definition) is 3. The lowest BCUT2D eigenvalue weighted by molar-refractivity contribution is 0.713. The fraction of sp³-hybridized carbons (Fsp3) is 0.500. The first-order chi connectivity index (χ1) is 5.20. The van der Waals surface area contributed by atoms with Crippen LogP contribution in [0.5, 0.6) is 0 Å². The maximum atomic E-state index is 5.13. The molecule has 0 aliphatic carbocycles. The summed E-state index contributed by atoms with van der Waals surface area (Å²) >= 11 is 0. The highest BCUT2D eigenvalue weighted by Crippen LogP contribution is 2.04. The molecule has 0 atom stereocenters. The molecule has 0 saturated heterocycles. The predicted octanol–water partition coefficient (Wildman–Crippen LogP) is 0.867. The zero-order chi connectivity index (χ0) is 8.69. The zero-order valence-corrected chi connectivity index (χ0v) is 7.11. The summed E-state index contributed by atoms with van der Waals surface area (Å²) in [6, 6.07) is 0. The van der Waals surface area contributed by atoms with Gasteiger partial charge in [0.1, 0.15) is 0 Å². The molecule has 0 aromatic rings. The summed E-state index contributed by atoms with van der Waals surface area (Å²) in [6.45, 7) is 7.51. The maximum Gasteiger partial charge on any atom is 0.0187 e. The molecule has 0 aromatic heterocycles. The van der Waals surface area contributed by atoms with Crippen LogP contribution < -0.4 is 16.6 Å². The Labute approximate surface area is 68.3 Å². The fourth-order valence-corrected chi connectivity index (χ4v) is 0.712. The first-order valence-corrected chi connectivity index (χ1v) is 3.70. The lowest BCUT2D eigenvalue weighted by Gasteiger charge is -2.05. The van der Waals surface area contributed by atoms with Crippen LogP contribution in [0.25, 0.3) is 0 Å². The monoisotopic (exact) mass is 155 g/mol. The van der Waals surface area contributed by atoms with Gasteiger partial charge in [0.05, 0.1) is 0 Å². The van der Waals surface area contributed by atoms with Gasteiger partial charge < -0.3 is 10.7 Å². The summed E-state index contributed by atoms with van der Waals surface area (Å²) in [7, 11) is 1.87. The van der Waals surface area contributed by atoms with Gasteiger partial charge in [-0.3, -0.25) is 5.84 Å². The topological polar surface area (TPSA) is 50.1 Å². The van der Waals surface area contributed by atoms with Gasteiger partial charge in [-0.1, -0.05) is 13.2 Å². The normalized spacial score (nSPS) is 8.91. The Bertz CT molecular complexity index is 124. The fourth-order valence-electron chi connectivity index (χ4n) is 0.712. The number of hydrogen-bond acceptors (Lipinski definition) is 3. The van der Waals surface area contributed by atoms with Gasteiger partial charge in [-0.05, 0) is 19.3 Å². The van der Waals surface area contributed by atoms with Crippen LogP contribution in [0.3, 0.4) is 0 Å². The van der Waals surface area contributed by atoms with Crippen molar-refractivity contribution in [1.29, 1.82) is 0 Å². The maximum absolute atomic E-state index is 5.13. The largest absolute Gasteiger partial charge is 0.392 e. The molecule has 0 aromatic carbocycles. The first-order valence-electron chi connectivity index (χ1n) is 3.70.